The Morgan fingerprint density at radius 3 is 2.23 bits per heavy atom. The van der Waals surface area contributed by atoms with Gasteiger partial charge in [0.05, 0.1) is 11.0 Å². The largest absolute Gasteiger partial charge is 0.344 e. The second-order valence-corrected chi connectivity index (χ2v) is 15.7. The molecule has 1 aliphatic carbocycles. The molecule has 0 saturated carbocycles. The first-order valence-electron chi connectivity index (χ1n) is 18.2. The van der Waals surface area contributed by atoms with Gasteiger partial charge in [0.1, 0.15) is 12.0 Å². The minimum absolute atomic E-state index is 0.0679. The van der Waals surface area contributed by atoms with E-state index in [1.165, 1.54) is 64.2 Å². The molecule has 0 amide bonds. The van der Waals surface area contributed by atoms with Crippen molar-refractivity contribution < 1.29 is 0 Å². The van der Waals surface area contributed by atoms with Gasteiger partial charge in [-0.25, -0.2) is 9.98 Å². The summed E-state index contributed by atoms with van der Waals surface area (Å²) in [5.41, 5.74) is 12.0. The zero-order valence-electron chi connectivity index (χ0n) is 29.3. The van der Waals surface area contributed by atoms with Gasteiger partial charge in [-0.2, -0.15) is 0 Å². The fourth-order valence-corrected chi connectivity index (χ4v) is 9.93. The maximum absolute atomic E-state index is 5.37. The first kappa shape index (κ1) is 30.3. The van der Waals surface area contributed by atoms with E-state index >= 15 is 0 Å². The number of aliphatic imine (C=N–C) groups is 2. The van der Waals surface area contributed by atoms with Crippen molar-refractivity contribution in [2.75, 3.05) is 0 Å². The molecule has 4 nitrogen and oxygen atoms in total. The topological polar surface area (TPSA) is 41.7 Å². The normalized spacial score (nSPS) is 16.1. The van der Waals surface area contributed by atoms with Crippen LogP contribution < -0.4 is 5.32 Å². The zero-order valence-corrected chi connectivity index (χ0v) is 30.2. The van der Waals surface area contributed by atoms with Crippen LogP contribution in [0.5, 0.6) is 0 Å². The Balaban J connectivity index is 1.10. The van der Waals surface area contributed by atoms with E-state index in [4.69, 9.17) is 9.98 Å². The summed E-state index contributed by atoms with van der Waals surface area (Å²) in [5.74, 6) is 1.53. The maximum Gasteiger partial charge on any atom is 0.159 e. The first-order chi connectivity index (χ1) is 26.0. The lowest BCUT2D eigenvalue weighted by molar-refractivity contribution is 0.661. The molecule has 5 heteroatoms. The van der Waals surface area contributed by atoms with Crippen LogP contribution in [0.2, 0.25) is 0 Å². The highest BCUT2D eigenvalue weighted by Gasteiger charge is 2.36. The Morgan fingerprint density at radius 2 is 1.32 bits per heavy atom. The number of amidine groups is 2. The number of hydrogen-bond donors (Lipinski definition) is 1. The smallest absolute Gasteiger partial charge is 0.159 e. The number of nitrogens with one attached hydrogen (secondary N) is 1. The van der Waals surface area contributed by atoms with Crippen LogP contribution in [0.15, 0.2) is 168 Å². The Morgan fingerprint density at radius 1 is 0.585 bits per heavy atom. The Bertz CT molecular complexity index is 3020. The highest BCUT2D eigenvalue weighted by Crippen LogP contribution is 2.51. The van der Waals surface area contributed by atoms with Gasteiger partial charge in [-0.15, -0.1) is 11.3 Å². The number of para-hydroxylation sites is 1. The third kappa shape index (κ3) is 4.54. The molecule has 0 radical (unpaired) electrons. The number of aromatic nitrogens is 1. The van der Waals surface area contributed by atoms with E-state index in [1.807, 2.05) is 17.4 Å². The second kappa shape index (κ2) is 11.3. The average molecular weight is 699 g/mol. The molecule has 1 aliphatic heterocycles. The average Bonchev–Trinajstić information content (AvgIpc) is 3.83. The van der Waals surface area contributed by atoms with Gasteiger partial charge in [0, 0.05) is 58.7 Å². The van der Waals surface area contributed by atoms with Crippen LogP contribution >= 0.6 is 11.3 Å². The fraction of sp³-hybridized carbons (Fsp3) is 0.0833. The summed E-state index contributed by atoms with van der Waals surface area (Å²) in [7, 11) is 0. The van der Waals surface area contributed by atoms with Crippen LogP contribution in [0.4, 0.5) is 0 Å². The lowest BCUT2D eigenvalue weighted by atomic mass is 9.82. The summed E-state index contributed by atoms with van der Waals surface area (Å²) in [6, 6.07) is 56.9. The van der Waals surface area contributed by atoms with Gasteiger partial charge in [-0.05, 0) is 58.7 Å². The van der Waals surface area contributed by atoms with Gasteiger partial charge in [-0.3, -0.25) is 0 Å². The Hall–Kier alpha value is -6.30. The monoisotopic (exact) mass is 698 g/mol. The van der Waals surface area contributed by atoms with Gasteiger partial charge in [-0.1, -0.05) is 135 Å². The molecule has 2 aromatic heterocycles. The third-order valence-corrected chi connectivity index (χ3v) is 12.5. The molecular formula is C48H34N4S. The quantitative estimate of drug-likeness (QED) is 0.195. The van der Waals surface area contributed by atoms with Crippen LogP contribution in [-0.4, -0.2) is 16.2 Å². The number of hydrogen-bond acceptors (Lipinski definition) is 4. The van der Waals surface area contributed by atoms with E-state index in [2.05, 4.69) is 175 Å². The molecule has 9 aromatic rings. The molecule has 0 saturated heterocycles. The van der Waals surface area contributed by atoms with E-state index in [-0.39, 0.29) is 11.6 Å². The minimum atomic E-state index is -0.308. The predicted octanol–water partition coefficient (Wildman–Crippen LogP) is 12.0. The van der Waals surface area contributed by atoms with Gasteiger partial charge < -0.3 is 9.88 Å². The molecule has 1 N–H and O–H groups in total. The molecule has 11 rings (SSSR count). The van der Waals surface area contributed by atoms with Crippen molar-refractivity contribution in [2.24, 2.45) is 9.98 Å². The van der Waals surface area contributed by atoms with E-state index in [9.17, 15) is 0 Å². The van der Waals surface area contributed by atoms with Crippen molar-refractivity contribution in [3.05, 3.63) is 186 Å². The molecule has 53 heavy (non-hydrogen) atoms. The zero-order chi connectivity index (χ0) is 35.3. The number of benzene rings is 7. The van der Waals surface area contributed by atoms with Crippen LogP contribution in [0.1, 0.15) is 47.8 Å². The van der Waals surface area contributed by atoms with E-state index in [1.54, 1.807) is 0 Å². The summed E-state index contributed by atoms with van der Waals surface area (Å²) >= 11 is 1.83. The van der Waals surface area contributed by atoms with Crippen molar-refractivity contribution in [2.45, 2.75) is 25.4 Å². The van der Waals surface area contributed by atoms with Gasteiger partial charge >= 0.3 is 0 Å². The number of nitrogens with zero attached hydrogens (tertiary/aromatic N) is 3. The molecule has 7 aromatic carbocycles. The Labute approximate surface area is 311 Å². The molecule has 0 fully saturated rings. The van der Waals surface area contributed by atoms with Crippen molar-refractivity contribution in [1.29, 1.82) is 0 Å². The van der Waals surface area contributed by atoms with E-state index in [0.717, 1.165) is 28.2 Å². The lowest BCUT2D eigenvalue weighted by Crippen LogP contribution is -2.33. The van der Waals surface area contributed by atoms with Crippen molar-refractivity contribution in [3.63, 3.8) is 0 Å². The van der Waals surface area contributed by atoms with Crippen LogP contribution in [0.3, 0.4) is 0 Å². The summed E-state index contributed by atoms with van der Waals surface area (Å²) in [5, 5.41) is 8.78. The lowest BCUT2D eigenvalue weighted by Gasteiger charge is -2.24. The SMILES string of the molecule is CC1(C)c2ccccc2-c2cc3c(cc21)c1ccccc1n3-c1cccc(C2=NC(c3cccc4c3sc3ccccc34)NC(c3ccccc3)=N2)c1. The molecule has 0 spiro atoms. The summed E-state index contributed by atoms with van der Waals surface area (Å²) < 4.78 is 4.95. The van der Waals surface area contributed by atoms with Crippen molar-refractivity contribution in [1.82, 2.24) is 9.88 Å². The number of thiophene rings is 1. The Kier molecular flexibility index (Phi) is 6.50. The molecular weight excluding hydrogens is 665 g/mol. The second-order valence-electron chi connectivity index (χ2n) is 14.6. The molecule has 2 aliphatic rings. The summed E-state index contributed by atoms with van der Waals surface area (Å²) in [6.45, 7) is 4.70. The van der Waals surface area contributed by atoms with E-state index in [0.29, 0.717) is 5.84 Å². The number of rotatable bonds is 4. The molecule has 0 bridgehead atoms. The standard InChI is InChI=1S/C48H34N4S/c1-48(2)39-23-9-6-18-32(39)37-28-42-38(27-40(37)48)33-19-7-10-24-41(33)52(42)31-17-12-16-30(26-31)46-49-45(29-14-4-3-5-15-29)50-47(51-46)36-22-13-21-35-34-20-8-11-25-43(34)53-44(35)36/h3-28,47H,1-2H3,(H,49,50,51). The highest BCUT2D eigenvalue weighted by atomic mass is 32.1. The van der Waals surface area contributed by atoms with Crippen molar-refractivity contribution >= 4 is 65.0 Å². The maximum atomic E-state index is 5.37. The molecule has 3 heterocycles. The van der Waals surface area contributed by atoms with Crippen LogP contribution in [0.25, 0.3) is 58.8 Å². The highest BCUT2D eigenvalue weighted by molar-refractivity contribution is 7.26. The van der Waals surface area contributed by atoms with Crippen LogP contribution in [0, 0.1) is 0 Å². The van der Waals surface area contributed by atoms with Crippen LogP contribution in [-0.2, 0) is 5.41 Å². The van der Waals surface area contributed by atoms with E-state index < -0.39 is 0 Å². The first-order valence-corrected chi connectivity index (χ1v) is 19.0. The molecule has 1 unspecified atom stereocenters. The van der Waals surface area contributed by atoms with Gasteiger partial charge in [0.2, 0.25) is 0 Å². The molecule has 1 atom stereocenters. The summed E-state index contributed by atoms with van der Waals surface area (Å²) in [6.07, 6.45) is -0.308. The molecule has 252 valence electrons. The predicted molar refractivity (Wildman–Crippen MR) is 223 cm³/mol. The fourth-order valence-electron chi connectivity index (χ4n) is 8.69. The third-order valence-electron chi connectivity index (χ3n) is 11.3. The summed E-state index contributed by atoms with van der Waals surface area (Å²) in [4.78, 5) is 10.6. The number of fused-ring (bicyclic) bond motifs is 9. The van der Waals surface area contributed by atoms with Gasteiger partial charge in [0.25, 0.3) is 0 Å². The van der Waals surface area contributed by atoms with Gasteiger partial charge in [0.15, 0.2) is 5.84 Å². The van der Waals surface area contributed by atoms with Crippen molar-refractivity contribution in [3.8, 4) is 16.8 Å². The minimum Gasteiger partial charge on any atom is -0.344 e.